The lowest BCUT2D eigenvalue weighted by Crippen LogP contribution is -2.40. The first-order valence-electron chi connectivity index (χ1n) is 10.7. The van der Waals surface area contributed by atoms with E-state index in [9.17, 15) is 15.2 Å². The predicted octanol–water partition coefficient (Wildman–Crippen LogP) is 3.51. The van der Waals surface area contributed by atoms with E-state index in [4.69, 9.17) is 0 Å². The Bertz CT molecular complexity index is 1180. The number of hydrogen-bond acceptors (Lipinski definition) is 4. The van der Waals surface area contributed by atoms with E-state index in [0.29, 0.717) is 24.1 Å². The molecule has 156 valence electrons. The molecule has 2 heterocycles. The summed E-state index contributed by atoms with van der Waals surface area (Å²) in [6.45, 7) is 2.42. The minimum absolute atomic E-state index is 0.0242. The smallest absolute Gasteiger partial charge is 0.254 e. The van der Waals surface area contributed by atoms with Gasteiger partial charge in [-0.3, -0.25) is 4.79 Å². The average Bonchev–Trinajstić information content (AvgIpc) is 3.51. The van der Waals surface area contributed by atoms with Crippen molar-refractivity contribution in [1.82, 2.24) is 14.7 Å². The van der Waals surface area contributed by atoms with Crippen molar-refractivity contribution in [1.29, 1.82) is 5.26 Å². The van der Waals surface area contributed by atoms with Gasteiger partial charge in [-0.15, -0.1) is 0 Å². The van der Waals surface area contributed by atoms with E-state index < -0.39 is 6.10 Å². The second-order valence-corrected chi connectivity index (χ2v) is 8.47. The Morgan fingerprint density at radius 2 is 2.06 bits per heavy atom. The summed E-state index contributed by atoms with van der Waals surface area (Å²) in [5, 5.41) is 24.4. The second-order valence-electron chi connectivity index (χ2n) is 8.47. The summed E-state index contributed by atoms with van der Waals surface area (Å²) in [4.78, 5) is 15.0. The normalized spacial score (nSPS) is 20.2. The molecular formula is C25H24N4O2. The van der Waals surface area contributed by atoms with Crippen molar-refractivity contribution in [3.05, 3.63) is 82.2 Å². The number of carbonyl (C=O) groups excluding carboxylic acids is 1. The van der Waals surface area contributed by atoms with Crippen LogP contribution in [0.15, 0.2) is 48.8 Å². The number of benzene rings is 2. The van der Waals surface area contributed by atoms with Crippen LogP contribution in [0.3, 0.4) is 0 Å². The number of carbonyl (C=O) groups is 1. The number of fused-ring (bicyclic) bond motifs is 1. The highest BCUT2D eigenvalue weighted by molar-refractivity contribution is 5.99. The molecule has 3 aromatic rings. The predicted molar refractivity (Wildman–Crippen MR) is 116 cm³/mol. The fourth-order valence-electron chi connectivity index (χ4n) is 4.97. The number of aromatic nitrogens is 2. The van der Waals surface area contributed by atoms with Crippen molar-refractivity contribution < 1.29 is 9.90 Å². The van der Waals surface area contributed by atoms with Crippen molar-refractivity contribution >= 4 is 5.91 Å². The average molecular weight is 412 g/mol. The molecule has 6 nitrogen and oxygen atoms in total. The van der Waals surface area contributed by atoms with Gasteiger partial charge in [0.2, 0.25) is 0 Å². The van der Waals surface area contributed by atoms with E-state index in [1.54, 1.807) is 15.8 Å². The minimum Gasteiger partial charge on any atom is -0.391 e. The lowest BCUT2D eigenvalue weighted by molar-refractivity contribution is 0.0479. The molecule has 6 heteroatoms. The Labute approximate surface area is 181 Å². The Kier molecular flexibility index (Phi) is 4.84. The van der Waals surface area contributed by atoms with Crippen molar-refractivity contribution in [3.63, 3.8) is 0 Å². The molecule has 1 amide bonds. The van der Waals surface area contributed by atoms with Gasteiger partial charge in [-0.2, -0.15) is 10.4 Å². The van der Waals surface area contributed by atoms with Crippen LogP contribution in [0.5, 0.6) is 0 Å². The van der Waals surface area contributed by atoms with Gasteiger partial charge in [0.1, 0.15) is 0 Å². The first-order chi connectivity index (χ1) is 15.1. The fraction of sp³-hybridized carbons (Fsp3) is 0.320. The largest absolute Gasteiger partial charge is 0.391 e. The van der Waals surface area contributed by atoms with Crippen LogP contribution in [0.1, 0.15) is 57.4 Å². The summed E-state index contributed by atoms with van der Waals surface area (Å²) >= 11 is 0. The number of aliphatic hydroxyl groups excluding tert-OH is 1. The van der Waals surface area contributed by atoms with E-state index in [0.717, 1.165) is 47.2 Å². The first-order valence-corrected chi connectivity index (χ1v) is 10.7. The number of rotatable bonds is 4. The van der Waals surface area contributed by atoms with E-state index >= 15 is 0 Å². The molecule has 2 aromatic carbocycles. The van der Waals surface area contributed by atoms with Gasteiger partial charge in [-0.1, -0.05) is 12.1 Å². The number of hydrogen-bond donors (Lipinski definition) is 1. The molecule has 1 aliphatic heterocycles. The van der Waals surface area contributed by atoms with Crippen LogP contribution in [-0.4, -0.2) is 37.8 Å². The van der Waals surface area contributed by atoms with Crippen molar-refractivity contribution in [3.8, 4) is 11.8 Å². The van der Waals surface area contributed by atoms with Crippen LogP contribution in [0.4, 0.5) is 0 Å². The Hall–Kier alpha value is -3.43. The summed E-state index contributed by atoms with van der Waals surface area (Å²) < 4.78 is 1.80. The standard InChI is InChI=1S/C25H24N4O2/c1-16-21(14-26)18(12-17-6-8-19(9-7-17)29-11-3-10-27-29)13-20-22(16)15-28(25(20)31)23-4-2-5-24(23)30/h3,6-11,13,23-24,30H,2,4-5,12,15H2,1H3. The lowest BCUT2D eigenvalue weighted by atomic mass is 9.91. The molecule has 0 radical (unpaired) electrons. The van der Waals surface area contributed by atoms with E-state index in [1.807, 2.05) is 49.5 Å². The van der Waals surface area contributed by atoms with E-state index in [2.05, 4.69) is 11.2 Å². The molecule has 1 saturated carbocycles. The maximum atomic E-state index is 13.2. The molecular weight excluding hydrogens is 388 g/mol. The highest BCUT2D eigenvalue weighted by Gasteiger charge is 2.39. The van der Waals surface area contributed by atoms with E-state index in [-0.39, 0.29) is 11.9 Å². The topological polar surface area (TPSA) is 82.2 Å². The number of amides is 1. The molecule has 1 fully saturated rings. The van der Waals surface area contributed by atoms with Gasteiger partial charge < -0.3 is 10.0 Å². The van der Waals surface area contributed by atoms with Crippen molar-refractivity contribution in [2.24, 2.45) is 0 Å². The van der Waals surface area contributed by atoms with Gasteiger partial charge in [0, 0.05) is 24.5 Å². The maximum absolute atomic E-state index is 13.2. The zero-order valence-corrected chi connectivity index (χ0v) is 17.5. The molecule has 5 rings (SSSR count). The molecule has 2 atom stereocenters. The third kappa shape index (κ3) is 3.31. The van der Waals surface area contributed by atoms with E-state index in [1.165, 1.54) is 0 Å². The third-order valence-corrected chi connectivity index (χ3v) is 6.67. The van der Waals surface area contributed by atoms with Gasteiger partial charge >= 0.3 is 0 Å². The number of nitriles is 1. The molecule has 1 N–H and O–H groups in total. The van der Waals surface area contributed by atoms with Crippen LogP contribution in [-0.2, 0) is 13.0 Å². The first kappa shape index (κ1) is 19.5. The molecule has 0 saturated heterocycles. The van der Waals surface area contributed by atoms with Crippen LogP contribution >= 0.6 is 0 Å². The third-order valence-electron chi connectivity index (χ3n) is 6.67. The summed E-state index contributed by atoms with van der Waals surface area (Å²) in [5.74, 6) is -0.0242. The highest BCUT2D eigenvalue weighted by atomic mass is 16.3. The van der Waals surface area contributed by atoms with Gasteiger partial charge in [-0.25, -0.2) is 4.68 Å². The van der Waals surface area contributed by atoms with Crippen molar-refractivity contribution in [2.75, 3.05) is 0 Å². The number of aliphatic hydroxyl groups is 1. The minimum atomic E-state index is -0.457. The second kappa shape index (κ2) is 7.68. The summed E-state index contributed by atoms with van der Waals surface area (Å²) in [6, 6.07) is 14.1. The Morgan fingerprint density at radius 3 is 2.71 bits per heavy atom. The number of nitrogens with zero attached hydrogens (tertiary/aromatic N) is 4. The quantitative estimate of drug-likeness (QED) is 0.711. The van der Waals surface area contributed by atoms with Crippen LogP contribution in [0, 0.1) is 18.3 Å². The SMILES string of the molecule is Cc1c(C#N)c(Cc2ccc(-n3cccn3)cc2)cc2c1CN(C1CCCC1O)C2=O. The van der Waals surface area contributed by atoms with Crippen LogP contribution < -0.4 is 0 Å². The molecule has 2 aliphatic rings. The van der Waals surface area contributed by atoms with Gasteiger partial charge in [-0.05, 0) is 79.1 Å². The van der Waals surface area contributed by atoms with Crippen molar-refractivity contribution in [2.45, 2.75) is 51.3 Å². The molecule has 0 bridgehead atoms. The Morgan fingerprint density at radius 1 is 1.26 bits per heavy atom. The van der Waals surface area contributed by atoms with Crippen LogP contribution in [0.2, 0.25) is 0 Å². The lowest BCUT2D eigenvalue weighted by Gasteiger charge is -2.26. The molecule has 31 heavy (non-hydrogen) atoms. The summed E-state index contributed by atoms with van der Waals surface area (Å²) in [7, 11) is 0. The maximum Gasteiger partial charge on any atom is 0.254 e. The fourth-order valence-corrected chi connectivity index (χ4v) is 4.97. The Balaban J connectivity index is 1.46. The molecule has 2 unspecified atom stereocenters. The van der Waals surface area contributed by atoms with Gasteiger partial charge in [0.15, 0.2) is 0 Å². The zero-order valence-electron chi connectivity index (χ0n) is 17.5. The zero-order chi connectivity index (χ0) is 21.5. The van der Waals surface area contributed by atoms with Gasteiger partial charge in [0.25, 0.3) is 5.91 Å². The summed E-state index contributed by atoms with van der Waals surface area (Å²) in [5.41, 5.74) is 6.05. The van der Waals surface area contributed by atoms with Gasteiger partial charge in [0.05, 0.1) is 29.5 Å². The highest BCUT2D eigenvalue weighted by Crippen LogP contribution is 2.36. The molecule has 0 spiro atoms. The monoisotopic (exact) mass is 412 g/mol. The van der Waals surface area contributed by atoms with Crippen LogP contribution in [0.25, 0.3) is 5.69 Å². The molecule has 1 aliphatic carbocycles. The molecule has 1 aromatic heterocycles. The summed E-state index contributed by atoms with van der Waals surface area (Å²) in [6.07, 6.45) is 6.27.